The largest absolute Gasteiger partial charge is 0.494 e. The highest BCUT2D eigenvalue weighted by Gasteiger charge is 2.21. The van der Waals surface area contributed by atoms with Crippen molar-refractivity contribution in [1.82, 2.24) is 4.72 Å². The van der Waals surface area contributed by atoms with Crippen molar-refractivity contribution in [3.63, 3.8) is 0 Å². The van der Waals surface area contributed by atoms with Crippen LogP contribution in [0, 0.1) is 0 Å². The number of rotatable bonds is 9. The number of carbonyl (C=O) groups excluding carboxylic acids is 1. The van der Waals surface area contributed by atoms with Crippen molar-refractivity contribution < 1.29 is 22.7 Å². The van der Waals surface area contributed by atoms with E-state index in [9.17, 15) is 13.2 Å². The molecule has 30 heavy (non-hydrogen) atoms. The summed E-state index contributed by atoms with van der Waals surface area (Å²) in [5.74, 6) is 0.850. The van der Waals surface area contributed by atoms with Gasteiger partial charge < -0.3 is 14.8 Å². The summed E-state index contributed by atoms with van der Waals surface area (Å²) < 4.78 is 38.7. The molecule has 0 saturated heterocycles. The van der Waals surface area contributed by atoms with Crippen LogP contribution in [0.1, 0.15) is 39.0 Å². The van der Waals surface area contributed by atoms with Crippen LogP contribution < -0.4 is 19.5 Å². The number of nitrogens with one attached hydrogen (secondary N) is 2. The van der Waals surface area contributed by atoms with Crippen LogP contribution in [0.25, 0.3) is 0 Å². The van der Waals surface area contributed by atoms with Gasteiger partial charge in [-0.3, -0.25) is 4.79 Å². The summed E-state index contributed by atoms with van der Waals surface area (Å²) in [5.41, 5.74) is 0.641. The van der Waals surface area contributed by atoms with E-state index in [1.54, 1.807) is 36.4 Å². The molecule has 0 aliphatic heterocycles. The van der Waals surface area contributed by atoms with Crippen LogP contribution in [-0.2, 0) is 14.8 Å². The molecule has 1 aliphatic rings. The van der Waals surface area contributed by atoms with Gasteiger partial charge in [-0.2, -0.15) is 0 Å². The molecule has 3 rings (SSSR count). The summed E-state index contributed by atoms with van der Waals surface area (Å²) in [7, 11) is -3.55. The van der Waals surface area contributed by atoms with Crippen molar-refractivity contribution in [1.29, 1.82) is 0 Å². The first-order valence-corrected chi connectivity index (χ1v) is 11.7. The predicted octanol–water partition coefficient (Wildman–Crippen LogP) is 3.71. The number of sulfonamides is 1. The summed E-state index contributed by atoms with van der Waals surface area (Å²) in [5, 5.41) is 2.74. The third kappa shape index (κ3) is 6.47. The molecule has 7 nitrogen and oxygen atoms in total. The topological polar surface area (TPSA) is 93.7 Å². The minimum Gasteiger partial charge on any atom is -0.494 e. The smallest absolute Gasteiger partial charge is 0.262 e. The van der Waals surface area contributed by atoms with Crippen molar-refractivity contribution in [2.45, 2.75) is 50.0 Å². The van der Waals surface area contributed by atoms with Crippen molar-refractivity contribution in [3.05, 3.63) is 48.5 Å². The Bertz CT molecular complexity index is 921. The SMILES string of the molecule is CCOc1ccc(NC(=O)COc2ccc(S(=O)(=O)NC3CCCCC3)cc2)cc1. The Hall–Kier alpha value is -2.58. The highest BCUT2D eigenvalue weighted by atomic mass is 32.2. The fourth-order valence-corrected chi connectivity index (χ4v) is 4.68. The van der Waals surface area contributed by atoms with Gasteiger partial charge in [-0.05, 0) is 68.3 Å². The summed E-state index contributed by atoms with van der Waals surface area (Å²) in [4.78, 5) is 12.3. The van der Waals surface area contributed by atoms with E-state index in [1.807, 2.05) is 6.92 Å². The second-order valence-corrected chi connectivity index (χ2v) is 8.94. The average molecular weight is 433 g/mol. The number of carbonyl (C=O) groups is 1. The van der Waals surface area contributed by atoms with E-state index < -0.39 is 10.0 Å². The van der Waals surface area contributed by atoms with E-state index in [0.717, 1.165) is 37.9 Å². The van der Waals surface area contributed by atoms with Crippen molar-refractivity contribution in [2.24, 2.45) is 0 Å². The molecule has 0 heterocycles. The Labute approximate surface area is 177 Å². The van der Waals surface area contributed by atoms with Crippen LogP contribution in [0.4, 0.5) is 5.69 Å². The van der Waals surface area contributed by atoms with E-state index in [1.165, 1.54) is 12.1 Å². The molecule has 1 aliphatic carbocycles. The highest BCUT2D eigenvalue weighted by molar-refractivity contribution is 7.89. The van der Waals surface area contributed by atoms with Gasteiger partial charge in [-0.25, -0.2) is 13.1 Å². The minimum atomic E-state index is -3.55. The molecule has 0 bridgehead atoms. The highest BCUT2D eigenvalue weighted by Crippen LogP contribution is 2.21. The van der Waals surface area contributed by atoms with Crippen LogP contribution in [0.5, 0.6) is 11.5 Å². The molecule has 0 aromatic heterocycles. The van der Waals surface area contributed by atoms with Gasteiger partial charge in [0.1, 0.15) is 11.5 Å². The summed E-state index contributed by atoms with van der Waals surface area (Å²) in [6.07, 6.45) is 5.03. The summed E-state index contributed by atoms with van der Waals surface area (Å²) in [6.45, 7) is 2.30. The molecule has 0 radical (unpaired) electrons. The first-order chi connectivity index (χ1) is 14.5. The van der Waals surface area contributed by atoms with Gasteiger partial charge in [0.25, 0.3) is 5.91 Å². The van der Waals surface area contributed by atoms with Crippen LogP contribution in [-0.4, -0.2) is 33.6 Å². The van der Waals surface area contributed by atoms with Crippen LogP contribution in [0.2, 0.25) is 0 Å². The maximum atomic E-state index is 12.5. The van der Waals surface area contributed by atoms with Gasteiger partial charge >= 0.3 is 0 Å². The maximum Gasteiger partial charge on any atom is 0.262 e. The Morgan fingerprint density at radius 1 is 0.933 bits per heavy atom. The Kier molecular flexibility index (Phi) is 7.70. The third-order valence-corrected chi connectivity index (χ3v) is 6.42. The molecule has 2 aromatic carbocycles. The second-order valence-electron chi connectivity index (χ2n) is 7.22. The zero-order valence-corrected chi connectivity index (χ0v) is 17.9. The molecule has 8 heteroatoms. The number of hydrogen-bond acceptors (Lipinski definition) is 5. The molecule has 2 aromatic rings. The van der Waals surface area contributed by atoms with Gasteiger partial charge in [-0.15, -0.1) is 0 Å². The lowest BCUT2D eigenvalue weighted by Gasteiger charge is -2.22. The zero-order chi connectivity index (χ0) is 21.4. The maximum absolute atomic E-state index is 12.5. The molecule has 2 N–H and O–H groups in total. The zero-order valence-electron chi connectivity index (χ0n) is 17.1. The Morgan fingerprint density at radius 3 is 2.17 bits per heavy atom. The average Bonchev–Trinajstić information content (AvgIpc) is 2.75. The minimum absolute atomic E-state index is 0.00553. The predicted molar refractivity (Wildman–Crippen MR) is 115 cm³/mol. The molecular formula is C22H28N2O5S. The van der Waals surface area contributed by atoms with Crippen molar-refractivity contribution in [3.8, 4) is 11.5 Å². The molecular weight excluding hydrogens is 404 g/mol. The van der Waals surface area contributed by atoms with Crippen LogP contribution in [0.15, 0.2) is 53.4 Å². The number of benzene rings is 2. The first-order valence-electron chi connectivity index (χ1n) is 10.2. The number of amides is 1. The fraction of sp³-hybridized carbons (Fsp3) is 0.409. The Morgan fingerprint density at radius 2 is 1.53 bits per heavy atom. The van der Waals surface area contributed by atoms with E-state index in [-0.39, 0.29) is 23.5 Å². The van der Waals surface area contributed by atoms with Crippen LogP contribution >= 0.6 is 0 Å². The van der Waals surface area contributed by atoms with Crippen molar-refractivity contribution in [2.75, 3.05) is 18.5 Å². The van der Waals surface area contributed by atoms with Gasteiger partial charge in [0.05, 0.1) is 11.5 Å². The van der Waals surface area contributed by atoms with E-state index in [0.29, 0.717) is 18.0 Å². The lowest BCUT2D eigenvalue weighted by Crippen LogP contribution is -2.36. The monoisotopic (exact) mass is 432 g/mol. The summed E-state index contributed by atoms with van der Waals surface area (Å²) >= 11 is 0. The molecule has 0 atom stereocenters. The van der Waals surface area contributed by atoms with Gasteiger partial charge in [-0.1, -0.05) is 19.3 Å². The Balaban J connectivity index is 1.49. The fourth-order valence-electron chi connectivity index (χ4n) is 3.37. The lowest BCUT2D eigenvalue weighted by molar-refractivity contribution is -0.118. The number of anilines is 1. The normalized spacial score (nSPS) is 14.8. The number of hydrogen-bond donors (Lipinski definition) is 2. The van der Waals surface area contributed by atoms with Gasteiger partial charge in [0.2, 0.25) is 10.0 Å². The molecule has 0 unspecified atom stereocenters. The van der Waals surface area contributed by atoms with E-state index in [4.69, 9.17) is 9.47 Å². The molecule has 1 saturated carbocycles. The molecule has 1 amide bonds. The van der Waals surface area contributed by atoms with Gasteiger partial charge in [0.15, 0.2) is 6.61 Å². The first kappa shape index (κ1) is 22.1. The third-order valence-electron chi connectivity index (χ3n) is 4.88. The summed E-state index contributed by atoms with van der Waals surface area (Å²) in [6, 6.07) is 13.2. The standard InChI is InChI=1S/C22H28N2O5S/c1-2-28-19-10-8-17(9-11-19)23-22(25)16-29-20-12-14-21(15-13-20)30(26,27)24-18-6-4-3-5-7-18/h8-15,18,24H,2-7,16H2,1H3,(H,23,25). The lowest BCUT2D eigenvalue weighted by atomic mass is 9.96. The van der Waals surface area contributed by atoms with E-state index in [2.05, 4.69) is 10.0 Å². The van der Waals surface area contributed by atoms with E-state index >= 15 is 0 Å². The second kappa shape index (κ2) is 10.4. The van der Waals surface area contributed by atoms with Crippen molar-refractivity contribution >= 4 is 21.6 Å². The quantitative estimate of drug-likeness (QED) is 0.630. The van der Waals surface area contributed by atoms with Gasteiger partial charge in [0, 0.05) is 11.7 Å². The molecule has 1 fully saturated rings. The molecule has 162 valence electrons. The molecule has 0 spiro atoms. The number of ether oxygens (including phenoxy) is 2. The van der Waals surface area contributed by atoms with Crippen LogP contribution in [0.3, 0.4) is 0 Å².